The number of methoxy groups -OCH3 is 1. The zero-order valence-corrected chi connectivity index (χ0v) is 12.3. The highest BCUT2D eigenvalue weighted by molar-refractivity contribution is 5.78. The van der Waals surface area contributed by atoms with Crippen molar-refractivity contribution in [2.75, 3.05) is 26.9 Å². The van der Waals surface area contributed by atoms with E-state index in [1.165, 1.54) is 0 Å². The van der Waals surface area contributed by atoms with Crippen molar-refractivity contribution in [3.8, 4) is 0 Å². The quantitative estimate of drug-likeness (QED) is 0.582. The lowest BCUT2D eigenvalue weighted by molar-refractivity contribution is -0.138. The number of ether oxygens (including phenoxy) is 2. The molecule has 0 atom stereocenters. The van der Waals surface area contributed by atoms with Crippen LogP contribution in [-0.4, -0.2) is 44.9 Å². The molecule has 2 N–H and O–H groups in total. The van der Waals surface area contributed by atoms with E-state index in [-0.39, 0.29) is 17.4 Å². The van der Waals surface area contributed by atoms with Crippen LogP contribution >= 0.6 is 0 Å². The van der Waals surface area contributed by atoms with Crippen LogP contribution in [0.2, 0.25) is 0 Å². The van der Waals surface area contributed by atoms with E-state index in [1.807, 2.05) is 20.8 Å². The first kappa shape index (κ1) is 17.9. The van der Waals surface area contributed by atoms with Gasteiger partial charge in [0.15, 0.2) is 0 Å². The van der Waals surface area contributed by atoms with E-state index in [4.69, 9.17) is 4.74 Å². The molecule has 0 saturated carbocycles. The lowest BCUT2D eigenvalue weighted by atomic mass is 9.97. The van der Waals surface area contributed by atoms with Crippen LogP contribution in [0.4, 0.5) is 0 Å². The summed E-state index contributed by atoms with van der Waals surface area (Å²) < 4.78 is 9.30. The van der Waals surface area contributed by atoms with Crippen molar-refractivity contribution in [1.29, 1.82) is 0 Å². The van der Waals surface area contributed by atoms with Crippen LogP contribution in [-0.2, 0) is 19.1 Å². The highest BCUT2D eigenvalue weighted by Crippen LogP contribution is 2.10. The Bertz CT molecular complexity index is 258. The Kier molecular flexibility index (Phi) is 9.16. The van der Waals surface area contributed by atoms with Crippen LogP contribution in [0.1, 0.15) is 33.6 Å². The predicted molar refractivity (Wildman–Crippen MR) is 72.5 cm³/mol. The van der Waals surface area contributed by atoms with Gasteiger partial charge in [-0.05, 0) is 46.7 Å². The predicted octanol–water partition coefficient (Wildman–Crippen LogP) is 0.664. The summed E-state index contributed by atoms with van der Waals surface area (Å²) >= 11 is 0. The Hall–Kier alpha value is -1.14. The Morgan fingerprint density at radius 2 is 1.95 bits per heavy atom. The van der Waals surface area contributed by atoms with Crippen molar-refractivity contribution in [3.63, 3.8) is 0 Å². The number of nitrogens with one attached hydrogen (secondary N) is 2. The van der Waals surface area contributed by atoms with Gasteiger partial charge in [0.2, 0.25) is 5.91 Å². The largest absolute Gasteiger partial charge is 0.462 e. The summed E-state index contributed by atoms with van der Waals surface area (Å²) in [5, 5.41) is 5.93. The minimum absolute atomic E-state index is 0.123. The molecule has 0 spiro atoms. The fraction of sp³-hybridized carbons (Fsp3) is 0.846. The summed E-state index contributed by atoms with van der Waals surface area (Å²) in [6, 6.07) is 0. The molecule has 6 nitrogen and oxygen atoms in total. The molecule has 0 aliphatic carbocycles. The third kappa shape index (κ3) is 10.5. The number of piperidine rings is 1. The van der Waals surface area contributed by atoms with Gasteiger partial charge in [0, 0.05) is 13.0 Å². The standard InChI is InChI=1S/C8H16N2O2.C5H10O2/c1-12-6-10-8(11)7-2-4-9-5-3-7;1-5(2,3)7-4-6/h7,9H,2-6H2,1H3,(H,10,11);4H,1-3H3. The van der Waals surface area contributed by atoms with E-state index < -0.39 is 0 Å². The molecular weight excluding hydrogens is 248 g/mol. The minimum Gasteiger partial charge on any atom is -0.462 e. The van der Waals surface area contributed by atoms with Gasteiger partial charge in [-0.1, -0.05) is 0 Å². The second kappa shape index (κ2) is 9.75. The summed E-state index contributed by atoms with van der Waals surface area (Å²) in [7, 11) is 1.57. The molecular formula is C13H26N2O4. The maximum Gasteiger partial charge on any atom is 0.293 e. The Labute approximate surface area is 115 Å². The van der Waals surface area contributed by atoms with Gasteiger partial charge in [0.1, 0.15) is 12.3 Å². The van der Waals surface area contributed by atoms with Gasteiger partial charge < -0.3 is 20.1 Å². The summed E-state index contributed by atoms with van der Waals surface area (Å²) in [6.07, 6.45) is 1.88. The van der Waals surface area contributed by atoms with Crippen molar-refractivity contribution < 1.29 is 19.1 Å². The highest BCUT2D eigenvalue weighted by Gasteiger charge is 2.19. The van der Waals surface area contributed by atoms with Gasteiger partial charge in [-0.3, -0.25) is 9.59 Å². The summed E-state index contributed by atoms with van der Waals surface area (Å²) in [6.45, 7) is 8.14. The molecule has 0 aromatic rings. The van der Waals surface area contributed by atoms with E-state index in [9.17, 15) is 9.59 Å². The van der Waals surface area contributed by atoms with E-state index >= 15 is 0 Å². The fourth-order valence-corrected chi connectivity index (χ4v) is 1.52. The van der Waals surface area contributed by atoms with E-state index in [2.05, 4.69) is 15.4 Å². The van der Waals surface area contributed by atoms with Crippen LogP contribution in [0.15, 0.2) is 0 Å². The Balaban J connectivity index is 0.000000399. The molecule has 1 heterocycles. The molecule has 0 radical (unpaired) electrons. The molecule has 0 aromatic carbocycles. The van der Waals surface area contributed by atoms with Gasteiger partial charge >= 0.3 is 0 Å². The zero-order valence-electron chi connectivity index (χ0n) is 12.3. The molecule has 0 aromatic heterocycles. The van der Waals surface area contributed by atoms with Crippen molar-refractivity contribution in [3.05, 3.63) is 0 Å². The fourth-order valence-electron chi connectivity index (χ4n) is 1.52. The smallest absolute Gasteiger partial charge is 0.293 e. The third-order valence-electron chi connectivity index (χ3n) is 2.50. The average Bonchev–Trinajstić information content (AvgIpc) is 2.36. The first-order valence-electron chi connectivity index (χ1n) is 6.49. The number of amides is 1. The lowest BCUT2D eigenvalue weighted by Crippen LogP contribution is -2.38. The second-order valence-corrected chi connectivity index (χ2v) is 5.32. The minimum atomic E-state index is -0.318. The molecule has 1 saturated heterocycles. The Morgan fingerprint density at radius 3 is 2.32 bits per heavy atom. The SMILES string of the molecule is CC(C)(C)OC=O.COCNC(=O)C1CCNCC1. The molecule has 1 fully saturated rings. The Morgan fingerprint density at radius 1 is 1.37 bits per heavy atom. The molecule has 1 amide bonds. The monoisotopic (exact) mass is 274 g/mol. The molecule has 1 aliphatic heterocycles. The molecule has 1 rings (SSSR count). The highest BCUT2D eigenvalue weighted by atomic mass is 16.5. The van der Waals surface area contributed by atoms with Gasteiger partial charge in [-0.25, -0.2) is 0 Å². The van der Waals surface area contributed by atoms with E-state index in [0.29, 0.717) is 13.2 Å². The van der Waals surface area contributed by atoms with E-state index in [0.717, 1.165) is 25.9 Å². The van der Waals surface area contributed by atoms with Crippen LogP contribution in [0, 0.1) is 5.92 Å². The average molecular weight is 274 g/mol. The molecule has 112 valence electrons. The molecule has 6 heteroatoms. The van der Waals surface area contributed by atoms with E-state index in [1.54, 1.807) is 7.11 Å². The van der Waals surface area contributed by atoms with Crippen LogP contribution in [0.3, 0.4) is 0 Å². The first-order chi connectivity index (χ1) is 8.90. The maximum atomic E-state index is 11.3. The number of hydrogen-bond acceptors (Lipinski definition) is 5. The van der Waals surface area contributed by atoms with Crippen LogP contribution in [0.25, 0.3) is 0 Å². The maximum absolute atomic E-state index is 11.3. The topological polar surface area (TPSA) is 76.7 Å². The zero-order chi connectivity index (χ0) is 14.7. The first-order valence-corrected chi connectivity index (χ1v) is 6.49. The lowest BCUT2D eigenvalue weighted by Gasteiger charge is -2.21. The summed E-state index contributed by atoms with van der Waals surface area (Å²) in [5.74, 6) is 0.305. The van der Waals surface area contributed by atoms with Gasteiger partial charge in [0.05, 0.1) is 0 Å². The summed E-state index contributed by atoms with van der Waals surface area (Å²) in [5.41, 5.74) is -0.318. The van der Waals surface area contributed by atoms with Gasteiger partial charge in [-0.15, -0.1) is 0 Å². The van der Waals surface area contributed by atoms with Crippen molar-refractivity contribution in [2.24, 2.45) is 5.92 Å². The number of carbonyl (C=O) groups is 2. The number of rotatable bonds is 4. The molecule has 0 bridgehead atoms. The van der Waals surface area contributed by atoms with Crippen molar-refractivity contribution in [1.82, 2.24) is 10.6 Å². The summed E-state index contributed by atoms with van der Waals surface area (Å²) in [4.78, 5) is 20.9. The number of hydrogen-bond donors (Lipinski definition) is 2. The van der Waals surface area contributed by atoms with Gasteiger partial charge in [0.25, 0.3) is 6.47 Å². The van der Waals surface area contributed by atoms with Crippen LogP contribution < -0.4 is 10.6 Å². The third-order valence-corrected chi connectivity index (χ3v) is 2.50. The number of carbonyl (C=O) groups excluding carboxylic acids is 2. The second-order valence-electron chi connectivity index (χ2n) is 5.32. The van der Waals surface area contributed by atoms with Crippen molar-refractivity contribution >= 4 is 12.4 Å². The molecule has 0 unspecified atom stereocenters. The normalized spacial score (nSPS) is 16.0. The molecule has 1 aliphatic rings. The van der Waals surface area contributed by atoms with Crippen LogP contribution in [0.5, 0.6) is 0 Å². The van der Waals surface area contributed by atoms with Gasteiger partial charge in [-0.2, -0.15) is 0 Å². The van der Waals surface area contributed by atoms with Crippen molar-refractivity contribution in [2.45, 2.75) is 39.2 Å². The molecule has 19 heavy (non-hydrogen) atoms.